The topological polar surface area (TPSA) is 58.8 Å². The average Bonchev–Trinajstić information content (AvgIpc) is 2.28. The maximum atomic E-state index is 11.2. The highest BCUT2D eigenvalue weighted by Crippen LogP contribution is 2.09. The van der Waals surface area contributed by atoms with Crippen molar-refractivity contribution in [2.45, 2.75) is 26.0 Å². The van der Waals surface area contributed by atoms with E-state index in [1.165, 1.54) is 4.90 Å². The number of aliphatic hydroxyl groups is 1. The SMILES string of the molecule is CC[NH+](CC)[C@@H]1CS(=O)(=O)C[C@H]1O. The summed E-state index contributed by atoms with van der Waals surface area (Å²) >= 11 is 0. The van der Waals surface area contributed by atoms with E-state index in [-0.39, 0.29) is 17.5 Å². The average molecular weight is 208 g/mol. The van der Waals surface area contributed by atoms with Crippen LogP contribution >= 0.6 is 0 Å². The summed E-state index contributed by atoms with van der Waals surface area (Å²) in [6.07, 6.45) is -0.667. The second-order valence-electron chi connectivity index (χ2n) is 3.62. The standard InChI is InChI=1S/C8H17NO3S/c1-3-9(4-2)7-5-13(11,12)6-8(7)10/h7-8,10H,3-6H2,1-2H3/p+1/t7-,8-/m1/s1. The molecule has 4 nitrogen and oxygen atoms in total. The third-order valence-electron chi connectivity index (χ3n) is 2.76. The number of hydrogen-bond donors (Lipinski definition) is 2. The second kappa shape index (κ2) is 3.94. The quantitative estimate of drug-likeness (QED) is 0.568. The smallest absolute Gasteiger partial charge is 0.159 e. The lowest BCUT2D eigenvalue weighted by atomic mass is 10.2. The Morgan fingerprint density at radius 1 is 1.31 bits per heavy atom. The molecule has 1 fully saturated rings. The number of likely N-dealkylation sites (N-methyl/N-ethyl adjacent to an activating group) is 1. The van der Waals surface area contributed by atoms with Crippen LogP contribution in [0.3, 0.4) is 0 Å². The van der Waals surface area contributed by atoms with Crippen LogP contribution in [-0.2, 0) is 9.84 Å². The maximum absolute atomic E-state index is 11.2. The number of quaternary nitrogens is 1. The fraction of sp³-hybridized carbons (Fsp3) is 1.00. The van der Waals surface area contributed by atoms with Crippen LogP contribution in [0.4, 0.5) is 0 Å². The summed E-state index contributed by atoms with van der Waals surface area (Å²) in [4.78, 5) is 1.17. The van der Waals surface area contributed by atoms with Gasteiger partial charge >= 0.3 is 0 Å². The molecule has 1 aliphatic heterocycles. The van der Waals surface area contributed by atoms with Crippen LogP contribution < -0.4 is 4.90 Å². The van der Waals surface area contributed by atoms with Gasteiger partial charge in [-0.2, -0.15) is 0 Å². The van der Waals surface area contributed by atoms with Crippen LogP contribution in [0.15, 0.2) is 0 Å². The fourth-order valence-electron chi connectivity index (χ4n) is 1.99. The van der Waals surface area contributed by atoms with Gasteiger partial charge in [0.2, 0.25) is 0 Å². The minimum atomic E-state index is -2.98. The molecule has 0 aliphatic carbocycles. The van der Waals surface area contributed by atoms with Gasteiger partial charge in [-0.1, -0.05) is 0 Å². The molecule has 1 heterocycles. The molecule has 0 aromatic rings. The van der Waals surface area contributed by atoms with Gasteiger partial charge in [-0.3, -0.25) is 0 Å². The Hall–Kier alpha value is -0.130. The zero-order chi connectivity index (χ0) is 10.1. The minimum absolute atomic E-state index is 0.0544. The molecule has 0 saturated carbocycles. The summed E-state index contributed by atoms with van der Waals surface area (Å²) in [6, 6.07) is -0.111. The van der Waals surface area contributed by atoms with Crippen molar-refractivity contribution in [1.29, 1.82) is 0 Å². The molecule has 0 amide bonds. The lowest BCUT2D eigenvalue weighted by Gasteiger charge is -2.24. The molecule has 2 atom stereocenters. The summed E-state index contributed by atoms with van der Waals surface area (Å²) in [5.41, 5.74) is 0. The monoisotopic (exact) mass is 208 g/mol. The number of rotatable bonds is 3. The Labute approximate surface area is 79.5 Å². The predicted octanol–water partition coefficient (Wildman–Crippen LogP) is -1.93. The minimum Gasteiger partial charge on any atom is -0.386 e. The van der Waals surface area contributed by atoms with E-state index in [1.54, 1.807) is 0 Å². The summed E-state index contributed by atoms with van der Waals surface area (Å²) in [7, 11) is -2.98. The lowest BCUT2D eigenvalue weighted by Crippen LogP contribution is -3.16. The van der Waals surface area contributed by atoms with Crippen molar-refractivity contribution in [3.8, 4) is 0 Å². The molecule has 1 rings (SSSR count). The first-order valence-corrected chi connectivity index (χ1v) is 6.55. The van der Waals surface area contributed by atoms with Crippen molar-refractivity contribution in [1.82, 2.24) is 0 Å². The molecule has 0 spiro atoms. The molecule has 0 aromatic heterocycles. The number of aliphatic hydroxyl groups excluding tert-OH is 1. The van der Waals surface area contributed by atoms with Gasteiger partial charge in [-0.15, -0.1) is 0 Å². The lowest BCUT2D eigenvalue weighted by molar-refractivity contribution is -0.922. The van der Waals surface area contributed by atoms with Crippen LogP contribution in [0, 0.1) is 0 Å². The summed E-state index contributed by atoms with van der Waals surface area (Å²) in [6.45, 7) is 5.76. The van der Waals surface area contributed by atoms with Crippen molar-refractivity contribution in [2.24, 2.45) is 0 Å². The fourth-order valence-corrected chi connectivity index (χ4v) is 3.89. The van der Waals surface area contributed by atoms with Crippen molar-refractivity contribution in [3.05, 3.63) is 0 Å². The van der Waals surface area contributed by atoms with Gasteiger partial charge in [-0.25, -0.2) is 8.42 Å². The van der Waals surface area contributed by atoms with E-state index < -0.39 is 15.9 Å². The molecule has 5 heteroatoms. The van der Waals surface area contributed by atoms with Gasteiger partial charge < -0.3 is 10.0 Å². The van der Waals surface area contributed by atoms with E-state index >= 15 is 0 Å². The zero-order valence-corrected chi connectivity index (χ0v) is 8.97. The Morgan fingerprint density at radius 3 is 2.15 bits per heavy atom. The Balaban J connectivity index is 2.72. The van der Waals surface area contributed by atoms with E-state index in [0.29, 0.717) is 0 Å². The van der Waals surface area contributed by atoms with Gasteiger partial charge in [0.25, 0.3) is 0 Å². The van der Waals surface area contributed by atoms with E-state index in [9.17, 15) is 13.5 Å². The van der Waals surface area contributed by atoms with Crippen LogP contribution in [0.5, 0.6) is 0 Å². The molecule has 1 saturated heterocycles. The number of sulfone groups is 1. The maximum Gasteiger partial charge on any atom is 0.159 e. The van der Waals surface area contributed by atoms with Gasteiger partial charge in [0.1, 0.15) is 17.9 Å². The molecule has 0 aromatic carbocycles. The van der Waals surface area contributed by atoms with E-state index in [0.717, 1.165) is 13.1 Å². The normalized spacial score (nSPS) is 32.6. The first-order valence-electron chi connectivity index (χ1n) is 4.73. The zero-order valence-electron chi connectivity index (χ0n) is 8.16. The van der Waals surface area contributed by atoms with Gasteiger partial charge in [0.15, 0.2) is 9.84 Å². The second-order valence-corrected chi connectivity index (χ2v) is 5.77. The highest BCUT2D eigenvalue weighted by atomic mass is 32.2. The Morgan fingerprint density at radius 2 is 1.85 bits per heavy atom. The van der Waals surface area contributed by atoms with Crippen molar-refractivity contribution >= 4 is 9.84 Å². The van der Waals surface area contributed by atoms with Gasteiger partial charge in [0.05, 0.1) is 18.8 Å². The van der Waals surface area contributed by atoms with Crippen molar-refractivity contribution in [2.75, 3.05) is 24.6 Å². The van der Waals surface area contributed by atoms with E-state index in [4.69, 9.17) is 0 Å². The molecule has 0 bridgehead atoms. The molecular weight excluding hydrogens is 190 g/mol. The molecule has 13 heavy (non-hydrogen) atoms. The van der Waals surface area contributed by atoms with Crippen LogP contribution in [0.2, 0.25) is 0 Å². The molecule has 0 radical (unpaired) electrons. The van der Waals surface area contributed by atoms with Crippen LogP contribution in [0.1, 0.15) is 13.8 Å². The Kier molecular flexibility index (Phi) is 3.32. The molecule has 0 unspecified atom stereocenters. The number of nitrogens with one attached hydrogen (secondary N) is 1. The van der Waals surface area contributed by atoms with Crippen molar-refractivity contribution in [3.63, 3.8) is 0 Å². The molecule has 78 valence electrons. The van der Waals surface area contributed by atoms with Crippen molar-refractivity contribution < 1.29 is 18.4 Å². The summed E-state index contributed by atoms with van der Waals surface area (Å²) in [5.74, 6) is 0.0896. The molecular formula is C8H18NO3S+. The van der Waals surface area contributed by atoms with Crippen LogP contribution in [0.25, 0.3) is 0 Å². The first kappa shape index (κ1) is 10.9. The van der Waals surface area contributed by atoms with Gasteiger partial charge in [-0.05, 0) is 13.8 Å². The molecule has 2 N–H and O–H groups in total. The third-order valence-corrected chi connectivity index (χ3v) is 4.47. The van der Waals surface area contributed by atoms with Crippen LogP contribution in [-0.4, -0.2) is 50.3 Å². The third kappa shape index (κ3) is 2.42. The van der Waals surface area contributed by atoms with E-state index in [2.05, 4.69) is 0 Å². The summed E-state index contributed by atoms with van der Waals surface area (Å²) in [5, 5.41) is 9.56. The number of hydrogen-bond acceptors (Lipinski definition) is 3. The van der Waals surface area contributed by atoms with E-state index in [1.807, 2.05) is 13.8 Å². The molecule has 1 aliphatic rings. The Bertz CT molecular complexity index is 259. The highest BCUT2D eigenvalue weighted by Gasteiger charge is 2.41. The first-order chi connectivity index (χ1) is 6.00. The summed E-state index contributed by atoms with van der Waals surface area (Å²) < 4.78 is 22.4. The van der Waals surface area contributed by atoms with Gasteiger partial charge in [0, 0.05) is 0 Å². The highest BCUT2D eigenvalue weighted by molar-refractivity contribution is 7.91. The largest absolute Gasteiger partial charge is 0.386 e. The predicted molar refractivity (Wildman–Crippen MR) is 50.5 cm³/mol.